The van der Waals surface area contributed by atoms with Crippen molar-refractivity contribution >= 4 is 28.7 Å². The average Bonchev–Trinajstić information content (AvgIpc) is 2.81. The van der Waals surface area contributed by atoms with E-state index < -0.39 is 17.3 Å². The van der Waals surface area contributed by atoms with Crippen molar-refractivity contribution in [3.63, 3.8) is 0 Å². The molecule has 3 heterocycles. The summed E-state index contributed by atoms with van der Waals surface area (Å²) in [5.41, 5.74) is -0.763. The maximum Gasteiger partial charge on any atom is 0.418 e. The predicted octanol–water partition coefficient (Wildman–Crippen LogP) is 5.17. The zero-order valence-corrected chi connectivity index (χ0v) is 22.3. The number of nitrogens with one attached hydrogen (secondary N) is 2. The van der Waals surface area contributed by atoms with E-state index >= 15 is 0 Å². The second-order valence-electron chi connectivity index (χ2n) is 11.4. The van der Waals surface area contributed by atoms with E-state index in [0.717, 1.165) is 25.3 Å². The molecule has 2 fully saturated rings. The van der Waals surface area contributed by atoms with E-state index in [0.29, 0.717) is 37.3 Å². The van der Waals surface area contributed by atoms with Gasteiger partial charge >= 0.3 is 18.3 Å². The van der Waals surface area contributed by atoms with Crippen LogP contribution >= 0.6 is 0 Å². The van der Waals surface area contributed by atoms with Crippen LogP contribution in [0.25, 0.3) is 10.9 Å². The number of hydrogen-bond donors (Lipinski definition) is 2. The fourth-order valence-corrected chi connectivity index (χ4v) is 5.31. The van der Waals surface area contributed by atoms with Crippen LogP contribution in [0.4, 0.5) is 28.4 Å². The monoisotopic (exact) mass is 535 g/mol. The Morgan fingerprint density at radius 3 is 2.50 bits per heavy atom. The fourth-order valence-electron chi connectivity index (χ4n) is 5.31. The predicted molar refractivity (Wildman–Crippen MR) is 139 cm³/mol. The third-order valence-electron chi connectivity index (χ3n) is 6.80. The van der Waals surface area contributed by atoms with Crippen LogP contribution < -0.4 is 15.5 Å². The van der Waals surface area contributed by atoms with Crippen LogP contribution in [0.5, 0.6) is 0 Å². The summed E-state index contributed by atoms with van der Waals surface area (Å²) in [5, 5.41) is 6.46. The smallest absolute Gasteiger partial charge is 0.418 e. The summed E-state index contributed by atoms with van der Waals surface area (Å²) in [5.74, 6) is 0.209. The summed E-state index contributed by atoms with van der Waals surface area (Å²) in [4.78, 5) is 33.0. The molecule has 38 heavy (non-hydrogen) atoms. The number of amides is 3. The molecule has 2 aliphatic rings. The molecule has 0 unspecified atom stereocenters. The molecule has 2 N–H and O–H groups in total. The Labute approximate surface area is 220 Å². The van der Waals surface area contributed by atoms with Crippen molar-refractivity contribution in [3.8, 4) is 0 Å². The molecule has 208 valence electrons. The SMILES string of the molecule is C[C@H]1C[C@@H](NC(=O)N[C@@H]2CCCN(C(=O)OC(C)(C)C)C2)CN(c2ccc(C(F)(F)F)c3ncccc23)C1. The molecule has 8 nitrogen and oxygen atoms in total. The Hall–Kier alpha value is -3.24. The zero-order chi connectivity index (χ0) is 27.7. The number of piperidine rings is 2. The van der Waals surface area contributed by atoms with Gasteiger partial charge < -0.3 is 25.2 Å². The number of fused-ring (bicyclic) bond motifs is 1. The number of hydrogen-bond acceptors (Lipinski definition) is 5. The van der Waals surface area contributed by atoms with Gasteiger partial charge in [-0.25, -0.2) is 9.59 Å². The minimum atomic E-state index is -4.50. The van der Waals surface area contributed by atoms with Gasteiger partial charge in [-0.15, -0.1) is 0 Å². The van der Waals surface area contributed by atoms with Gasteiger partial charge in [-0.2, -0.15) is 13.2 Å². The number of urea groups is 1. The number of alkyl halides is 3. The zero-order valence-electron chi connectivity index (χ0n) is 22.3. The third kappa shape index (κ3) is 6.79. The number of pyridine rings is 1. The second kappa shape index (κ2) is 10.9. The minimum absolute atomic E-state index is 0.0789. The molecule has 0 saturated carbocycles. The van der Waals surface area contributed by atoms with E-state index in [-0.39, 0.29) is 35.6 Å². The van der Waals surface area contributed by atoms with Crippen LogP contribution in [-0.4, -0.2) is 65.9 Å². The lowest BCUT2D eigenvalue weighted by Gasteiger charge is -2.39. The molecule has 1 aromatic heterocycles. The molecular weight excluding hydrogens is 499 g/mol. The van der Waals surface area contributed by atoms with Gasteiger partial charge in [0.25, 0.3) is 0 Å². The maximum absolute atomic E-state index is 13.6. The number of likely N-dealkylation sites (tertiary alicyclic amines) is 1. The number of nitrogens with zero attached hydrogens (tertiary/aromatic N) is 3. The first kappa shape index (κ1) is 27.8. The van der Waals surface area contributed by atoms with Crippen molar-refractivity contribution < 1.29 is 27.5 Å². The largest absolute Gasteiger partial charge is 0.444 e. The van der Waals surface area contributed by atoms with Crippen molar-refractivity contribution in [2.75, 3.05) is 31.1 Å². The molecule has 3 atom stereocenters. The van der Waals surface area contributed by atoms with Gasteiger partial charge in [-0.05, 0) is 70.2 Å². The molecule has 2 aliphatic heterocycles. The number of ether oxygens (including phenoxy) is 1. The molecular formula is C27H36F3N5O3. The molecule has 0 radical (unpaired) electrons. The van der Waals surface area contributed by atoms with E-state index in [4.69, 9.17) is 4.74 Å². The number of carbonyl (C=O) groups is 2. The second-order valence-corrected chi connectivity index (χ2v) is 11.4. The first-order valence-corrected chi connectivity index (χ1v) is 13.0. The van der Waals surface area contributed by atoms with Gasteiger partial charge in [0, 0.05) is 55.5 Å². The maximum atomic E-state index is 13.6. The van der Waals surface area contributed by atoms with Crippen molar-refractivity contribution in [3.05, 3.63) is 36.0 Å². The molecule has 11 heteroatoms. The number of aromatic nitrogens is 1. The number of halogens is 3. The summed E-state index contributed by atoms with van der Waals surface area (Å²) in [6, 6.07) is 5.15. The lowest BCUT2D eigenvalue weighted by Crippen LogP contribution is -2.56. The fraction of sp³-hybridized carbons (Fsp3) is 0.593. The summed E-state index contributed by atoms with van der Waals surface area (Å²) in [7, 11) is 0. The number of rotatable bonds is 3. The van der Waals surface area contributed by atoms with Gasteiger partial charge in [-0.3, -0.25) is 4.98 Å². The van der Waals surface area contributed by atoms with Crippen LogP contribution in [-0.2, 0) is 10.9 Å². The Morgan fingerprint density at radius 1 is 1.05 bits per heavy atom. The van der Waals surface area contributed by atoms with Crippen LogP contribution in [0.3, 0.4) is 0 Å². The Bertz CT molecular complexity index is 1170. The average molecular weight is 536 g/mol. The van der Waals surface area contributed by atoms with E-state index in [9.17, 15) is 22.8 Å². The first-order valence-electron chi connectivity index (χ1n) is 13.0. The van der Waals surface area contributed by atoms with Crippen LogP contribution in [0.1, 0.15) is 52.5 Å². The van der Waals surface area contributed by atoms with Gasteiger partial charge in [0.05, 0.1) is 11.1 Å². The minimum Gasteiger partial charge on any atom is -0.444 e. The van der Waals surface area contributed by atoms with E-state index in [1.54, 1.807) is 17.0 Å². The first-order chi connectivity index (χ1) is 17.8. The highest BCUT2D eigenvalue weighted by molar-refractivity contribution is 5.94. The summed E-state index contributed by atoms with van der Waals surface area (Å²) in [6.45, 7) is 9.58. The molecule has 1 aromatic carbocycles. The van der Waals surface area contributed by atoms with E-state index in [1.807, 2.05) is 25.7 Å². The topological polar surface area (TPSA) is 86.8 Å². The summed E-state index contributed by atoms with van der Waals surface area (Å²) in [6.07, 6.45) is -1.27. The van der Waals surface area contributed by atoms with Crippen molar-refractivity contribution in [2.24, 2.45) is 5.92 Å². The standard InChI is InChI=1S/C27H36F3N5O3/c1-17-13-19(33-24(36)32-18-7-6-12-34(15-18)25(37)38-26(2,3)4)16-35(14-17)22-10-9-21(27(28,29)30)23-20(22)8-5-11-31-23/h5,8-11,17-19H,6-7,12-16H2,1-4H3,(H2,32,33,36)/t17-,18+,19+/m0/s1. The van der Waals surface area contributed by atoms with E-state index in [1.165, 1.54) is 12.3 Å². The number of benzene rings is 1. The van der Waals surface area contributed by atoms with Crippen LogP contribution in [0, 0.1) is 5.92 Å². The molecule has 0 bridgehead atoms. The van der Waals surface area contributed by atoms with Crippen LogP contribution in [0.15, 0.2) is 30.5 Å². The van der Waals surface area contributed by atoms with Gasteiger partial charge in [0.15, 0.2) is 0 Å². The highest BCUT2D eigenvalue weighted by Gasteiger charge is 2.35. The van der Waals surface area contributed by atoms with Crippen molar-refractivity contribution in [2.45, 2.75) is 70.8 Å². The summed E-state index contributed by atoms with van der Waals surface area (Å²) >= 11 is 0. The van der Waals surface area contributed by atoms with E-state index in [2.05, 4.69) is 22.5 Å². The van der Waals surface area contributed by atoms with Crippen molar-refractivity contribution in [1.82, 2.24) is 20.5 Å². The van der Waals surface area contributed by atoms with Gasteiger partial charge in [0.1, 0.15) is 5.60 Å². The molecule has 0 aliphatic carbocycles. The lowest BCUT2D eigenvalue weighted by molar-refractivity contribution is -0.136. The highest BCUT2D eigenvalue weighted by Crippen LogP contribution is 2.38. The third-order valence-corrected chi connectivity index (χ3v) is 6.80. The highest BCUT2D eigenvalue weighted by atomic mass is 19.4. The molecule has 4 rings (SSSR count). The Kier molecular flexibility index (Phi) is 7.94. The lowest BCUT2D eigenvalue weighted by atomic mass is 9.94. The molecule has 3 amide bonds. The van der Waals surface area contributed by atoms with Crippen molar-refractivity contribution in [1.29, 1.82) is 0 Å². The van der Waals surface area contributed by atoms with Crippen LogP contribution in [0.2, 0.25) is 0 Å². The summed E-state index contributed by atoms with van der Waals surface area (Å²) < 4.78 is 46.1. The quantitative estimate of drug-likeness (QED) is 0.567. The van der Waals surface area contributed by atoms with Gasteiger partial charge in [-0.1, -0.05) is 6.92 Å². The van der Waals surface area contributed by atoms with Gasteiger partial charge in [0.2, 0.25) is 0 Å². The molecule has 0 spiro atoms. The molecule has 2 aromatic rings. The number of anilines is 1. The normalized spacial score (nSPS) is 22.8. The molecule has 2 saturated heterocycles. The Balaban J connectivity index is 1.41. The number of carbonyl (C=O) groups excluding carboxylic acids is 2. The Morgan fingerprint density at radius 2 is 1.79 bits per heavy atom.